The molecule has 8 nitrogen and oxygen atoms in total. The van der Waals surface area contributed by atoms with Gasteiger partial charge in [0.2, 0.25) is 5.96 Å². The first kappa shape index (κ1) is 21.1. The second kappa shape index (κ2) is 8.56. The number of methoxy groups -OCH3 is 1. The van der Waals surface area contributed by atoms with Crippen LogP contribution in [-0.2, 0) is 11.4 Å². The molecular formula is C21H23FN6O2S. The third-order valence-electron chi connectivity index (χ3n) is 5.31. The van der Waals surface area contributed by atoms with Gasteiger partial charge in [-0.3, -0.25) is 10.4 Å². The molecule has 0 radical (unpaired) electrons. The molecule has 0 aliphatic carbocycles. The highest BCUT2D eigenvalue weighted by Crippen LogP contribution is 2.34. The van der Waals surface area contributed by atoms with Crippen LogP contribution in [0, 0.1) is 11.2 Å². The van der Waals surface area contributed by atoms with Crippen LogP contribution in [0.5, 0.6) is 5.75 Å². The number of guanidine groups is 1. The largest absolute Gasteiger partial charge is 0.593 e. The molecule has 1 aliphatic rings. The van der Waals surface area contributed by atoms with E-state index in [0.717, 1.165) is 0 Å². The van der Waals surface area contributed by atoms with E-state index < -0.39 is 23.2 Å². The molecule has 0 spiro atoms. The number of pyridine rings is 2. The maximum absolute atomic E-state index is 14.8. The molecule has 1 fully saturated rings. The minimum atomic E-state index is -1.43. The van der Waals surface area contributed by atoms with Crippen molar-refractivity contribution >= 4 is 39.7 Å². The zero-order chi connectivity index (χ0) is 22.1. The van der Waals surface area contributed by atoms with Gasteiger partial charge in [-0.05, 0) is 30.7 Å². The summed E-state index contributed by atoms with van der Waals surface area (Å²) in [6, 6.07) is 7.69. The van der Waals surface area contributed by atoms with Crippen molar-refractivity contribution in [3.05, 3.63) is 54.1 Å². The normalized spacial score (nSPS) is 21.1. The van der Waals surface area contributed by atoms with Gasteiger partial charge in [-0.2, -0.15) is 4.31 Å². The fraction of sp³-hybridized carbons (Fsp3) is 0.286. The highest BCUT2D eigenvalue weighted by molar-refractivity contribution is 7.90. The Balaban J connectivity index is 1.69. The van der Waals surface area contributed by atoms with Crippen LogP contribution in [0.4, 0.5) is 15.8 Å². The van der Waals surface area contributed by atoms with E-state index in [0.29, 0.717) is 40.1 Å². The predicted octanol–water partition coefficient (Wildman–Crippen LogP) is 3.47. The van der Waals surface area contributed by atoms with E-state index in [1.165, 1.54) is 10.4 Å². The molecule has 4 rings (SSSR count). The van der Waals surface area contributed by atoms with E-state index in [1.807, 2.05) is 6.92 Å². The van der Waals surface area contributed by atoms with Gasteiger partial charge in [0.05, 0.1) is 42.9 Å². The molecule has 0 saturated carbocycles. The lowest BCUT2D eigenvalue weighted by Gasteiger charge is -2.39. The Morgan fingerprint density at radius 2 is 2.13 bits per heavy atom. The second-order valence-electron chi connectivity index (χ2n) is 7.15. The molecule has 1 aromatic carbocycles. The Bertz CT molecular complexity index is 1130. The molecule has 3 unspecified atom stereocenters. The SMILES string of the molecule is CCC1C(c2cc(Nc3ccnc4cc(OC)cnc34)ccc2F)NC(=N)N(C)[S+]1[O-]. The van der Waals surface area contributed by atoms with E-state index >= 15 is 0 Å². The average Bonchev–Trinajstić information content (AvgIpc) is 2.78. The fourth-order valence-electron chi connectivity index (χ4n) is 3.64. The predicted molar refractivity (Wildman–Crippen MR) is 119 cm³/mol. The van der Waals surface area contributed by atoms with Crippen LogP contribution < -0.4 is 15.4 Å². The van der Waals surface area contributed by atoms with E-state index in [1.54, 1.807) is 50.8 Å². The van der Waals surface area contributed by atoms with Crippen LogP contribution >= 0.6 is 0 Å². The van der Waals surface area contributed by atoms with E-state index in [-0.39, 0.29) is 11.2 Å². The van der Waals surface area contributed by atoms with Crippen molar-refractivity contribution < 1.29 is 13.7 Å². The average molecular weight is 443 g/mol. The summed E-state index contributed by atoms with van der Waals surface area (Å²) in [4.78, 5) is 8.75. The van der Waals surface area contributed by atoms with E-state index in [4.69, 9.17) is 10.1 Å². The first-order valence-corrected chi connectivity index (χ1v) is 10.9. The summed E-state index contributed by atoms with van der Waals surface area (Å²) in [5.74, 6) is 0.193. The Morgan fingerprint density at radius 1 is 1.32 bits per heavy atom. The van der Waals surface area contributed by atoms with E-state index in [9.17, 15) is 8.94 Å². The minimum Gasteiger partial charge on any atom is -0.593 e. The molecule has 2 aromatic heterocycles. The maximum Gasteiger partial charge on any atom is 0.234 e. The van der Waals surface area contributed by atoms with Crippen molar-refractivity contribution in [2.45, 2.75) is 24.6 Å². The van der Waals surface area contributed by atoms with Gasteiger partial charge in [0.15, 0.2) is 5.25 Å². The molecule has 3 N–H and O–H groups in total. The van der Waals surface area contributed by atoms with Gasteiger partial charge in [-0.25, -0.2) is 9.37 Å². The number of nitrogens with zero attached hydrogens (tertiary/aromatic N) is 3. The lowest BCUT2D eigenvalue weighted by atomic mass is 10.00. The lowest BCUT2D eigenvalue weighted by Crippen LogP contribution is -2.57. The number of anilines is 2. The molecule has 162 valence electrons. The number of hydrogen-bond acceptors (Lipinski definition) is 6. The van der Waals surface area contributed by atoms with Crippen molar-refractivity contribution in [1.29, 1.82) is 5.41 Å². The number of ether oxygens (including phenoxy) is 1. The number of fused-ring (bicyclic) bond motifs is 1. The molecule has 1 saturated heterocycles. The summed E-state index contributed by atoms with van der Waals surface area (Å²) in [5, 5.41) is 14.0. The molecule has 0 amide bonds. The zero-order valence-corrected chi connectivity index (χ0v) is 18.2. The second-order valence-corrected chi connectivity index (χ2v) is 8.86. The Hall–Kier alpha value is -3.11. The first-order valence-electron chi connectivity index (χ1n) is 9.77. The van der Waals surface area contributed by atoms with Gasteiger partial charge in [0.25, 0.3) is 0 Å². The molecule has 3 aromatic rings. The van der Waals surface area contributed by atoms with Gasteiger partial charge in [0.1, 0.15) is 23.1 Å². The van der Waals surface area contributed by atoms with Crippen LogP contribution in [-0.4, -0.2) is 44.2 Å². The van der Waals surface area contributed by atoms with Crippen LogP contribution in [0.15, 0.2) is 42.7 Å². The summed E-state index contributed by atoms with van der Waals surface area (Å²) in [5.41, 5.74) is 3.04. The summed E-state index contributed by atoms with van der Waals surface area (Å²) in [6.07, 6.45) is 3.84. The van der Waals surface area contributed by atoms with Crippen molar-refractivity contribution in [1.82, 2.24) is 19.6 Å². The zero-order valence-electron chi connectivity index (χ0n) is 17.3. The molecule has 3 atom stereocenters. The maximum atomic E-state index is 14.8. The summed E-state index contributed by atoms with van der Waals surface area (Å²) in [6.45, 7) is 1.91. The summed E-state index contributed by atoms with van der Waals surface area (Å²) in [7, 11) is 3.16. The smallest absolute Gasteiger partial charge is 0.234 e. The number of halogens is 1. The molecule has 10 heteroatoms. The number of aromatic nitrogens is 2. The third kappa shape index (κ3) is 3.96. The Morgan fingerprint density at radius 3 is 2.87 bits per heavy atom. The number of rotatable bonds is 5. The monoisotopic (exact) mass is 442 g/mol. The Labute approximate surface area is 182 Å². The highest BCUT2D eigenvalue weighted by Gasteiger charge is 2.43. The topological polar surface area (TPSA) is 109 Å². The molecular weight excluding hydrogens is 419 g/mol. The van der Waals surface area contributed by atoms with Gasteiger partial charge < -0.3 is 19.9 Å². The van der Waals surface area contributed by atoms with Crippen molar-refractivity contribution in [2.75, 3.05) is 19.5 Å². The van der Waals surface area contributed by atoms with E-state index in [2.05, 4.69) is 20.6 Å². The van der Waals surface area contributed by atoms with Gasteiger partial charge in [-0.15, -0.1) is 0 Å². The lowest BCUT2D eigenvalue weighted by molar-refractivity contribution is 0.413. The number of hydrogen-bond donors (Lipinski definition) is 3. The highest BCUT2D eigenvalue weighted by atomic mass is 32.2. The quantitative estimate of drug-likeness (QED) is 0.519. The first-order chi connectivity index (χ1) is 14.9. The van der Waals surface area contributed by atoms with Crippen molar-refractivity contribution in [3.63, 3.8) is 0 Å². The van der Waals surface area contributed by atoms with Crippen LogP contribution in [0.1, 0.15) is 24.9 Å². The van der Waals surface area contributed by atoms with Gasteiger partial charge >= 0.3 is 0 Å². The summed E-state index contributed by atoms with van der Waals surface area (Å²) >= 11 is -1.43. The summed E-state index contributed by atoms with van der Waals surface area (Å²) < 4.78 is 34.1. The standard InChI is InChI=1S/C21H23FN6O2S/c1-4-18-19(27-21(23)28(2)31(18)29)14-9-12(5-6-15(14)22)26-16-7-8-24-17-10-13(30-3)11-25-20(16)17/h5-11,18-19H,4H2,1-3H3,(H2,23,27)(H,24,26). The van der Waals surface area contributed by atoms with Crippen LogP contribution in [0.2, 0.25) is 0 Å². The van der Waals surface area contributed by atoms with Crippen molar-refractivity contribution in [3.8, 4) is 5.75 Å². The fourth-order valence-corrected chi connectivity index (χ4v) is 5.01. The Kier molecular flexibility index (Phi) is 5.84. The minimum absolute atomic E-state index is 0.00377. The van der Waals surface area contributed by atoms with Crippen LogP contribution in [0.25, 0.3) is 11.0 Å². The van der Waals surface area contributed by atoms with Crippen LogP contribution in [0.3, 0.4) is 0 Å². The molecule has 3 heterocycles. The van der Waals surface area contributed by atoms with Gasteiger partial charge in [0, 0.05) is 23.5 Å². The molecule has 31 heavy (non-hydrogen) atoms. The molecule has 0 bridgehead atoms. The van der Waals surface area contributed by atoms with Gasteiger partial charge in [-0.1, -0.05) is 6.92 Å². The number of benzene rings is 1. The third-order valence-corrected chi connectivity index (χ3v) is 7.15. The number of nitrogens with one attached hydrogen (secondary N) is 3. The molecule has 1 aliphatic heterocycles. The van der Waals surface area contributed by atoms with Crippen molar-refractivity contribution in [2.24, 2.45) is 0 Å².